The lowest BCUT2D eigenvalue weighted by molar-refractivity contribution is 0.535. The second-order valence-electron chi connectivity index (χ2n) is 2.56. The summed E-state index contributed by atoms with van der Waals surface area (Å²) in [5.41, 5.74) is 5.40. The predicted octanol–water partition coefficient (Wildman–Crippen LogP) is 0.637. The monoisotopic (exact) mass is 110 g/mol. The highest BCUT2D eigenvalue weighted by atomic mass is 14.7. The van der Waals surface area contributed by atoms with Gasteiger partial charge >= 0.3 is 0 Å². The van der Waals surface area contributed by atoms with Gasteiger partial charge in [0.1, 0.15) is 0 Å². The van der Waals surface area contributed by atoms with Gasteiger partial charge in [0.2, 0.25) is 0 Å². The normalized spacial score (nSPS) is 26.1. The SMILES string of the molecule is C[C@H](N)C1(C#N)CC1. The van der Waals surface area contributed by atoms with Crippen molar-refractivity contribution in [3.05, 3.63) is 0 Å². The zero-order chi connectivity index (χ0) is 6.20. The maximum absolute atomic E-state index is 8.50. The maximum Gasteiger partial charge on any atom is 0.0723 e. The van der Waals surface area contributed by atoms with E-state index in [1.807, 2.05) is 6.92 Å². The van der Waals surface area contributed by atoms with E-state index in [0.717, 1.165) is 12.8 Å². The molecule has 0 heterocycles. The molecule has 0 aliphatic heterocycles. The van der Waals surface area contributed by atoms with Gasteiger partial charge in [-0.25, -0.2) is 0 Å². The molecule has 0 spiro atoms. The Hall–Kier alpha value is -0.550. The summed E-state index contributed by atoms with van der Waals surface area (Å²) in [6.07, 6.45) is 2.00. The molecule has 1 aliphatic carbocycles. The van der Waals surface area contributed by atoms with E-state index in [1.54, 1.807) is 0 Å². The van der Waals surface area contributed by atoms with Crippen LogP contribution in [0.25, 0.3) is 0 Å². The van der Waals surface area contributed by atoms with Crippen LogP contribution in [-0.4, -0.2) is 6.04 Å². The molecule has 2 nitrogen and oxygen atoms in total. The minimum absolute atomic E-state index is 0.0625. The molecule has 0 bridgehead atoms. The summed E-state index contributed by atoms with van der Waals surface area (Å²) < 4.78 is 0. The van der Waals surface area contributed by atoms with Crippen LogP contribution in [0.3, 0.4) is 0 Å². The largest absolute Gasteiger partial charge is 0.327 e. The van der Waals surface area contributed by atoms with Gasteiger partial charge in [-0.15, -0.1) is 0 Å². The van der Waals surface area contributed by atoms with Crippen LogP contribution in [0.5, 0.6) is 0 Å². The van der Waals surface area contributed by atoms with Crippen LogP contribution in [-0.2, 0) is 0 Å². The summed E-state index contributed by atoms with van der Waals surface area (Å²) in [5.74, 6) is 0. The van der Waals surface area contributed by atoms with Crippen LogP contribution in [0.4, 0.5) is 0 Å². The topological polar surface area (TPSA) is 49.8 Å². The highest BCUT2D eigenvalue weighted by Crippen LogP contribution is 2.46. The zero-order valence-corrected chi connectivity index (χ0v) is 5.02. The lowest BCUT2D eigenvalue weighted by Crippen LogP contribution is -2.26. The minimum atomic E-state index is -0.125. The van der Waals surface area contributed by atoms with E-state index >= 15 is 0 Å². The van der Waals surface area contributed by atoms with Gasteiger partial charge in [0.25, 0.3) is 0 Å². The number of hydrogen-bond donors (Lipinski definition) is 1. The smallest absolute Gasteiger partial charge is 0.0723 e. The maximum atomic E-state index is 8.50. The van der Waals surface area contributed by atoms with Gasteiger partial charge in [0.05, 0.1) is 11.5 Å². The second-order valence-corrected chi connectivity index (χ2v) is 2.56. The number of hydrogen-bond acceptors (Lipinski definition) is 2. The third kappa shape index (κ3) is 0.597. The predicted molar refractivity (Wildman–Crippen MR) is 30.9 cm³/mol. The molecule has 1 atom stereocenters. The molecule has 44 valence electrons. The van der Waals surface area contributed by atoms with E-state index in [1.165, 1.54) is 0 Å². The van der Waals surface area contributed by atoms with E-state index in [2.05, 4.69) is 6.07 Å². The zero-order valence-electron chi connectivity index (χ0n) is 5.02. The minimum Gasteiger partial charge on any atom is -0.327 e. The first kappa shape index (κ1) is 5.58. The molecule has 0 aromatic rings. The summed E-state index contributed by atoms with van der Waals surface area (Å²) in [6.45, 7) is 1.90. The van der Waals surface area contributed by atoms with Crippen molar-refractivity contribution in [1.82, 2.24) is 0 Å². The van der Waals surface area contributed by atoms with Gasteiger partial charge in [-0.3, -0.25) is 0 Å². The molecule has 0 saturated heterocycles. The Labute approximate surface area is 49.3 Å². The highest BCUT2D eigenvalue weighted by Gasteiger charge is 2.46. The average Bonchev–Trinajstić information content (AvgIpc) is 2.44. The molecule has 0 aromatic carbocycles. The Bertz CT molecular complexity index is 128. The lowest BCUT2D eigenvalue weighted by atomic mass is 10.0. The molecule has 0 unspecified atom stereocenters. The van der Waals surface area contributed by atoms with Gasteiger partial charge in [0.15, 0.2) is 0 Å². The standard InChI is InChI=1S/C6H10N2/c1-5(8)6(4-7)2-3-6/h5H,2-3,8H2,1H3/t5-/m0/s1. The highest BCUT2D eigenvalue weighted by molar-refractivity contribution is 5.13. The van der Waals surface area contributed by atoms with Crippen molar-refractivity contribution in [2.45, 2.75) is 25.8 Å². The van der Waals surface area contributed by atoms with Crippen molar-refractivity contribution >= 4 is 0 Å². The lowest BCUT2D eigenvalue weighted by Gasteiger charge is -2.07. The van der Waals surface area contributed by atoms with Gasteiger partial charge in [-0.05, 0) is 19.8 Å². The molecular formula is C6H10N2. The van der Waals surface area contributed by atoms with Gasteiger partial charge in [0, 0.05) is 6.04 Å². The van der Waals surface area contributed by atoms with E-state index in [9.17, 15) is 0 Å². The molecule has 1 saturated carbocycles. The van der Waals surface area contributed by atoms with Crippen molar-refractivity contribution < 1.29 is 0 Å². The van der Waals surface area contributed by atoms with E-state index < -0.39 is 0 Å². The molecule has 0 radical (unpaired) electrons. The van der Waals surface area contributed by atoms with Crippen LogP contribution in [0, 0.1) is 16.7 Å². The fraction of sp³-hybridized carbons (Fsp3) is 0.833. The van der Waals surface area contributed by atoms with Crippen LogP contribution in [0.1, 0.15) is 19.8 Å². The summed E-state index contributed by atoms with van der Waals surface area (Å²) in [6, 6.07) is 2.29. The number of rotatable bonds is 1. The molecule has 2 N–H and O–H groups in total. The van der Waals surface area contributed by atoms with Crippen LogP contribution >= 0.6 is 0 Å². The Morgan fingerprint density at radius 2 is 2.25 bits per heavy atom. The quantitative estimate of drug-likeness (QED) is 0.538. The van der Waals surface area contributed by atoms with E-state index in [4.69, 9.17) is 11.0 Å². The third-order valence-electron chi connectivity index (χ3n) is 1.88. The van der Waals surface area contributed by atoms with E-state index in [0.29, 0.717) is 0 Å². The van der Waals surface area contributed by atoms with E-state index in [-0.39, 0.29) is 11.5 Å². The molecular weight excluding hydrogens is 100 g/mol. The molecule has 0 amide bonds. The van der Waals surface area contributed by atoms with Gasteiger partial charge in [-0.1, -0.05) is 0 Å². The Morgan fingerprint density at radius 1 is 1.75 bits per heavy atom. The molecule has 1 aliphatic rings. The van der Waals surface area contributed by atoms with Gasteiger partial charge in [-0.2, -0.15) is 5.26 Å². The van der Waals surface area contributed by atoms with Crippen molar-refractivity contribution in [3.8, 4) is 6.07 Å². The van der Waals surface area contributed by atoms with Crippen LogP contribution in [0.2, 0.25) is 0 Å². The number of nitrogens with two attached hydrogens (primary N) is 1. The van der Waals surface area contributed by atoms with Crippen molar-refractivity contribution in [2.75, 3.05) is 0 Å². The molecule has 1 fully saturated rings. The molecule has 0 aromatic heterocycles. The fourth-order valence-electron chi connectivity index (χ4n) is 0.804. The summed E-state index contributed by atoms with van der Waals surface area (Å²) in [7, 11) is 0. The summed E-state index contributed by atoms with van der Waals surface area (Å²) in [4.78, 5) is 0. The fourth-order valence-corrected chi connectivity index (χ4v) is 0.804. The Morgan fingerprint density at radius 3 is 2.25 bits per heavy atom. The first-order valence-electron chi connectivity index (χ1n) is 2.88. The number of nitrogens with zero attached hydrogens (tertiary/aromatic N) is 1. The second kappa shape index (κ2) is 1.46. The van der Waals surface area contributed by atoms with Crippen molar-refractivity contribution in [2.24, 2.45) is 11.1 Å². The molecule has 1 rings (SSSR count). The summed E-state index contributed by atoms with van der Waals surface area (Å²) >= 11 is 0. The van der Waals surface area contributed by atoms with Crippen molar-refractivity contribution in [1.29, 1.82) is 5.26 Å². The number of nitriles is 1. The summed E-state index contributed by atoms with van der Waals surface area (Å²) in [5, 5.41) is 8.50. The Kier molecular flexibility index (Phi) is 1.02. The van der Waals surface area contributed by atoms with Crippen molar-refractivity contribution in [3.63, 3.8) is 0 Å². The van der Waals surface area contributed by atoms with Crippen LogP contribution in [0.15, 0.2) is 0 Å². The van der Waals surface area contributed by atoms with Gasteiger partial charge < -0.3 is 5.73 Å². The average molecular weight is 110 g/mol. The molecule has 8 heavy (non-hydrogen) atoms. The Balaban J connectivity index is 2.57. The van der Waals surface area contributed by atoms with Crippen LogP contribution < -0.4 is 5.73 Å². The first-order chi connectivity index (χ1) is 3.71. The third-order valence-corrected chi connectivity index (χ3v) is 1.88. The molecule has 2 heteroatoms. The first-order valence-corrected chi connectivity index (χ1v) is 2.88.